The van der Waals surface area contributed by atoms with Crippen molar-refractivity contribution in [2.45, 2.75) is 33.0 Å². The van der Waals surface area contributed by atoms with Gasteiger partial charge in [0.2, 0.25) is 0 Å². The highest BCUT2D eigenvalue weighted by Gasteiger charge is 2.04. The molecule has 0 atom stereocenters. The molecular weight excluding hydrogens is 334 g/mol. The predicted molar refractivity (Wildman–Crippen MR) is 111 cm³/mol. The van der Waals surface area contributed by atoms with Crippen LogP contribution in [0, 0.1) is 0 Å². The van der Waals surface area contributed by atoms with E-state index in [4.69, 9.17) is 0 Å². The number of aromatic nitrogens is 2. The highest BCUT2D eigenvalue weighted by atomic mass is 15.3. The fourth-order valence-corrected chi connectivity index (χ4v) is 3.01. The molecule has 0 aliphatic rings. The number of aryl methyl sites for hydroxylation is 1. The second-order valence-corrected chi connectivity index (χ2v) is 6.43. The number of hydrogen-bond acceptors (Lipinski definition) is 2. The van der Waals surface area contributed by atoms with Crippen LogP contribution >= 0.6 is 0 Å². The van der Waals surface area contributed by atoms with Gasteiger partial charge in [0.25, 0.3) is 0 Å². The molecular formula is C22H27N5. The average Bonchev–Trinajstić information content (AvgIpc) is 3.16. The van der Waals surface area contributed by atoms with Crippen molar-refractivity contribution in [1.29, 1.82) is 0 Å². The number of benzene rings is 2. The molecule has 3 aromatic rings. The van der Waals surface area contributed by atoms with Crippen LogP contribution in [0.15, 0.2) is 72.0 Å². The van der Waals surface area contributed by atoms with Crippen molar-refractivity contribution in [2.24, 2.45) is 4.99 Å². The molecule has 0 bridgehead atoms. The molecule has 0 radical (unpaired) electrons. The van der Waals surface area contributed by atoms with E-state index in [1.54, 1.807) is 7.05 Å². The first-order valence-electron chi connectivity index (χ1n) is 9.35. The lowest BCUT2D eigenvalue weighted by Gasteiger charge is -2.13. The minimum Gasteiger partial charge on any atom is -0.352 e. The van der Waals surface area contributed by atoms with Crippen molar-refractivity contribution in [1.82, 2.24) is 20.4 Å². The van der Waals surface area contributed by atoms with Crippen LogP contribution in [0.25, 0.3) is 0 Å². The van der Waals surface area contributed by atoms with E-state index in [2.05, 4.69) is 70.2 Å². The lowest BCUT2D eigenvalue weighted by molar-refractivity contribution is 0.685. The fraction of sp³-hybridized carbons (Fsp3) is 0.273. The Morgan fingerprint density at radius 2 is 1.63 bits per heavy atom. The summed E-state index contributed by atoms with van der Waals surface area (Å²) in [5.41, 5.74) is 5.04. The highest BCUT2D eigenvalue weighted by molar-refractivity contribution is 5.79. The summed E-state index contributed by atoms with van der Waals surface area (Å²) >= 11 is 0. The number of nitrogens with one attached hydrogen (secondary N) is 2. The molecule has 1 heterocycles. The zero-order chi connectivity index (χ0) is 18.9. The third kappa shape index (κ3) is 5.45. The number of aliphatic imine (C=N–C) groups is 1. The van der Waals surface area contributed by atoms with Gasteiger partial charge in [0.1, 0.15) is 0 Å². The molecule has 3 rings (SSSR count). The van der Waals surface area contributed by atoms with Crippen LogP contribution < -0.4 is 10.6 Å². The summed E-state index contributed by atoms with van der Waals surface area (Å²) in [6.07, 6.45) is 5.00. The van der Waals surface area contributed by atoms with Crippen LogP contribution in [-0.2, 0) is 26.1 Å². The normalized spacial score (nSPS) is 11.4. The van der Waals surface area contributed by atoms with Crippen molar-refractivity contribution < 1.29 is 0 Å². The SMILES string of the molecule is CCc1ccccc1CNC(=NC)NCc1cnn(Cc2ccccc2)c1. The Labute approximate surface area is 161 Å². The van der Waals surface area contributed by atoms with Crippen LogP contribution in [-0.4, -0.2) is 22.8 Å². The zero-order valence-corrected chi connectivity index (χ0v) is 16.0. The summed E-state index contributed by atoms with van der Waals surface area (Å²) in [5, 5.41) is 11.2. The number of nitrogens with zero attached hydrogens (tertiary/aromatic N) is 3. The van der Waals surface area contributed by atoms with Gasteiger partial charge >= 0.3 is 0 Å². The van der Waals surface area contributed by atoms with Gasteiger partial charge in [0, 0.05) is 31.9 Å². The molecule has 0 saturated carbocycles. The second-order valence-electron chi connectivity index (χ2n) is 6.43. The Morgan fingerprint density at radius 3 is 2.37 bits per heavy atom. The average molecular weight is 361 g/mol. The summed E-state index contributed by atoms with van der Waals surface area (Å²) < 4.78 is 1.96. The maximum Gasteiger partial charge on any atom is 0.191 e. The van der Waals surface area contributed by atoms with E-state index in [0.29, 0.717) is 6.54 Å². The van der Waals surface area contributed by atoms with Gasteiger partial charge in [-0.05, 0) is 23.1 Å². The molecule has 0 saturated heterocycles. The smallest absolute Gasteiger partial charge is 0.191 e. The molecule has 27 heavy (non-hydrogen) atoms. The molecule has 0 spiro atoms. The lowest BCUT2D eigenvalue weighted by Crippen LogP contribution is -2.36. The van der Waals surface area contributed by atoms with Gasteiger partial charge in [-0.1, -0.05) is 61.5 Å². The first-order valence-corrected chi connectivity index (χ1v) is 9.35. The largest absolute Gasteiger partial charge is 0.352 e. The summed E-state index contributed by atoms with van der Waals surface area (Å²) in [5.74, 6) is 0.789. The standard InChI is InChI=1S/C22H27N5/c1-3-20-11-7-8-12-21(20)15-25-22(23-2)24-13-19-14-26-27(17-19)16-18-9-5-4-6-10-18/h4-12,14,17H,3,13,15-16H2,1-2H3,(H2,23,24,25). The zero-order valence-electron chi connectivity index (χ0n) is 16.0. The Kier molecular flexibility index (Phi) is 6.63. The molecule has 0 fully saturated rings. The van der Waals surface area contributed by atoms with Gasteiger partial charge in [0.15, 0.2) is 5.96 Å². The Morgan fingerprint density at radius 1 is 0.926 bits per heavy atom. The van der Waals surface area contributed by atoms with Gasteiger partial charge in [-0.15, -0.1) is 0 Å². The second kappa shape index (κ2) is 9.57. The van der Waals surface area contributed by atoms with E-state index in [1.165, 1.54) is 16.7 Å². The van der Waals surface area contributed by atoms with Crippen molar-refractivity contribution >= 4 is 5.96 Å². The van der Waals surface area contributed by atoms with Gasteiger partial charge < -0.3 is 10.6 Å². The first-order chi connectivity index (χ1) is 13.3. The minimum absolute atomic E-state index is 0.684. The molecule has 140 valence electrons. The van der Waals surface area contributed by atoms with E-state index >= 15 is 0 Å². The van der Waals surface area contributed by atoms with Gasteiger partial charge in [0.05, 0.1) is 12.7 Å². The van der Waals surface area contributed by atoms with Crippen molar-refractivity contribution in [3.05, 3.63) is 89.2 Å². The number of guanidine groups is 1. The van der Waals surface area contributed by atoms with Crippen LogP contribution in [0.1, 0.15) is 29.2 Å². The van der Waals surface area contributed by atoms with Crippen LogP contribution in [0.2, 0.25) is 0 Å². The van der Waals surface area contributed by atoms with Crippen molar-refractivity contribution in [3.8, 4) is 0 Å². The molecule has 0 aliphatic carbocycles. The summed E-state index contributed by atoms with van der Waals surface area (Å²) in [7, 11) is 1.79. The van der Waals surface area contributed by atoms with Crippen LogP contribution in [0.3, 0.4) is 0 Å². The van der Waals surface area contributed by atoms with Gasteiger partial charge in [-0.2, -0.15) is 5.10 Å². The molecule has 2 aromatic carbocycles. The molecule has 1 aromatic heterocycles. The monoisotopic (exact) mass is 361 g/mol. The van der Waals surface area contributed by atoms with Gasteiger partial charge in [-0.25, -0.2) is 0 Å². The molecule has 0 unspecified atom stereocenters. The predicted octanol–water partition coefficient (Wildman–Crippen LogP) is 3.36. The van der Waals surface area contributed by atoms with E-state index in [0.717, 1.165) is 31.0 Å². The lowest BCUT2D eigenvalue weighted by atomic mass is 10.1. The topological polar surface area (TPSA) is 54.2 Å². The third-order valence-corrected chi connectivity index (χ3v) is 4.50. The third-order valence-electron chi connectivity index (χ3n) is 4.50. The quantitative estimate of drug-likeness (QED) is 0.501. The maximum absolute atomic E-state index is 4.45. The molecule has 0 aliphatic heterocycles. The summed E-state index contributed by atoms with van der Waals surface area (Å²) in [6.45, 7) is 4.40. The molecule has 5 heteroatoms. The van der Waals surface area contributed by atoms with Gasteiger partial charge in [-0.3, -0.25) is 9.67 Å². The van der Waals surface area contributed by atoms with E-state index in [9.17, 15) is 0 Å². The van der Waals surface area contributed by atoms with Crippen LogP contribution in [0.4, 0.5) is 0 Å². The Balaban J connectivity index is 1.51. The fourth-order valence-electron chi connectivity index (χ4n) is 3.01. The Bertz CT molecular complexity index is 867. The van der Waals surface area contributed by atoms with E-state index in [1.807, 2.05) is 29.1 Å². The summed E-state index contributed by atoms with van der Waals surface area (Å²) in [6, 6.07) is 18.8. The number of hydrogen-bond donors (Lipinski definition) is 2. The maximum atomic E-state index is 4.45. The molecule has 0 amide bonds. The molecule has 5 nitrogen and oxygen atoms in total. The first kappa shape index (κ1) is 18.7. The Hall–Kier alpha value is -3.08. The van der Waals surface area contributed by atoms with E-state index < -0.39 is 0 Å². The van der Waals surface area contributed by atoms with Crippen LogP contribution in [0.5, 0.6) is 0 Å². The molecule has 2 N–H and O–H groups in total. The minimum atomic E-state index is 0.684. The highest BCUT2D eigenvalue weighted by Crippen LogP contribution is 2.09. The summed E-state index contributed by atoms with van der Waals surface area (Å²) in [4.78, 5) is 4.32. The van der Waals surface area contributed by atoms with Crippen molar-refractivity contribution in [2.75, 3.05) is 7.05 Å². The number of rotatable bonds is 7. The van der Waals surface area contributed by atoms with E-state index in [-0.39, 0.29) is 0 Å². The van der Waals surface area contributed by atoms with Crippen molar-refractivity contribution in [3.63, 3.8) is 0 Å².